The smallest absolute Gasteiger partial charge is 0.305 e. The lowest BCUT2D eigenvalue weighted by molar-refractivity contribution is -0.136. The van der Waals surface area contributed by atoms with Crippen molar-refractivity contribution in [3.63, 3.8) is 0 Å². The molecule has 0 aliphatic heterocycles. The Hall–Kier alpha value is -2.67. The van der Waals surface area contributed by atoms with Gasteiger partial charge in [-0.1, -0.05) is 17.7 Å². The maximum absolute atomic E-state index is 12.3. The molecule has 0 aliphatic rings. The predicted molar refractivity (Wildman–Crippen MR) is 92.8 cm³/mol. The first-order valence-corrected chi connectivity index (χ1v) is 8.17. The van der Waals surface area contributed by atoms with Gasteiger partial charge in [-0.15, -0.1) is 11.3 Å². The van der Waals surface area contributed by atoms with Crippen molar-refractivity contribution in [2.24, 2.45) is 0 Å². The van der Waals surface area contributed by atoms with E-state index < -0.39 is 11.9 Å². The molecule has 0 radical (unpaired) electrons. The number of carboxylic acid groups (broad SMARTS) is 1. The molecule has 0 fully saturated rings. The van der Waals surface area contributed by atoms with Gasteiger partial charge < -0.3 is 15.7 Å². The molecule has 6 nitrogen and oxygen atoms in total. The maximum Gasteiger partial charge on any atom is 0.305 e. The first-order chi connectivity index (χ1) is 11.4. The summed E-state index contributed by atoms with van der Waals surface area (Å²) in [7, 11) is 0. The molecule has 0 aliphatic carbocycles. The second-order valence-corrected chi connectivity index (χ2v) is 6.58. The standard InChI is InChI=1S/C17H18N2O4S/c1-10-4-3-5-12(8-10)15(22)19-17-13(9-11(2)24-17)16(23)18-7-6-14(20)21/h3-5,8-9H,6-7H2,1-2H3,(H,18,23)(H,19,22)(H,20,21). The van der Waals surface area contributed by atoms with E-state index in [9.17, 15) is 14.4 Å². The first-order valence-electron chi connectivity index (χ1n) is 7.35. The lowest BCUT2D eigenvalue weighted by Crippen LogP contribution is -2.26. The number of aryl methyl sites for hydroxylation is 2. The molecule has 2 aromatic rings. The van der Waals surface area contributed by atoms with E-state index in [-0.39, 0.29) is 18.9 Å². The Kier molecular flexibility index (Phi) is 5.70. The van der Waals surface area contributed by atoms with Crippen molar-refractivity contribution in [1.29, 1.82) is 0 Å². The zero-order valence-corrected chi connectivity index (χ0v) is 14.2. The van der Waals surface area contributed by atoms with Crippen LogP contribution in [-0.4, -0.2) is 29.4 Å². The van der Waals surface area contributed by atoms with Crippen LogP contribution in [0.1, 0.15) is 37.6 Å². The highest BCUT2D eigenvalue weighted by atomic mass is 32.1. The summed E-state index contributed by atoms with van der Waals surface area (Å²) in [6.45, 7) is 3.77. The second-order valence-electron chi connectivity index (χ2n) is 5.32. The number of nitrogens with one attached hydrogen (secondary N) is 2. The van der Waals surface area contributed by atoms with Crippen LogP contribution in [0.2, 0.25) is 0 Å². The van der Waals surface area contributed by atoms with E-state index in [1.165, 1.54) is 11.3 Å². The van der Waals surface area contributed by atoms with Crippen molar-refractivity contribution in [1.82, 2.24) is 5.32 Å². The van der Waals surface area contributed by atoms with E-state index in [0.717, 1.165) is 10.4 Å². The third-order valence-electron chi connectivity index (χ3n) is 3.23. The third-order valence-corrected chi connectivity index (χ3v) is 4.20. The minimum Gasteiger partial charge on any atom is -0.481 e. The van der Waals surface area contributed by atoms with Crippen LogP contribution in [0.15, 0.2) is 30.3 Å². The Morgan fingerprint density at radius 1 is 1.12 bits per heavy atom. The number of carbonyl (C=O) groups is 3. The molecule has 2 amide bonds. The fourth-order valence-electron chi connectivity index (χ4n) is 2.12. The van der Waals surface area contributed by atoms with Crippen LogP contribution in [0.3, 0.4) is 0 Å². The van der Waals surface area contributed by atoms with Gasteiger partial charge in [-0.2, -0.15) is 0 Å². The van der Waals surface area contributed by atoms with Gasteiger partial charge in [0.15, 0.2) is 0 Å². The van der Waals surface area contributed by atoms with Crippen molar-refractivity contribution in [2.45, 2.75) is 20.3 Å². The van der Waals surface area contributed by atoms with Crippen LogP contribution in [0.25, 0.3) is 0 Å². The summed E-state index contributed by atoms with van der Waals surface area (Å²) >= 11 is 1.30. The van der Waals surface area contributed by atoms with E-state index in [1.807, 2.05) is 19.9 Å². The first kappa shape index (κ1) is 17.7. The largest absolute Gasteiger partial charge is 0.481 e. The number of thiophene rings is 1. The Bertz CT molecular complexity index is 783. The summed E-state index contributed by atoms with van der Waals surface area (Å²) in [5.74, 6) is -1.68. The Labute approximate surface area is 143 Å². The molecule has 1 heterocycles. The molecule has 7 heteroatoms. The summed E-state index contributed by atoms with van der Waals surface area (Å²) in [4.78, 5) is 35.9. The van der Waals surface area contributed by atoms with Crippen LogP contribution in [-0.2, 0) is 4.79 Å². The van der Waals surface area contributed by atoms with E-state index in [0.29, 0.717) is 16.1 Å². The van der Waals surface area contributed by atoms with Crippen molar-refractivity contribution < 1.29 is 19.5 Å². The molecule has 1 aromatic carbocycles. The number of aliphatic carboxylic acids is 1. The maximum atomic E-state index is 12.3. The van der Waals surface area contributed by atoms with Gasteiger partial charge in [-0.05, 0) is 32.0 Å². The van der Waals surface area contributed by atoms with Crippen LogP contribution in [0, 0.1) is 13.8 Å². The van der Waals surface area contributed by atoms with Gasteiger partial charge >= 0.3 is 5.97 Å². The van der Waals surface area contributed by atoms with Gasteiger partial charge in [0.2, 0.25) is 0 Å². The van der Waals surface area contributed by atoms with Crippen LogP contribution < -0.4 is 10.6 Å². The minimum atomic E-state index is -0.982. The number of carbonyl (C=O) groups excluding carboxylic acids is 2. The van der Waals surface area contributed by atoms with Gasteiger partial charge in [-0.3, -0.25) is 14.4 Å². The lowest BCUT2D eigenvalue weighted by atomic mass is 10.1. The lowest BCUT2D eigenvalue weighted by Gasteiger charge is -2.07. The number of hydrogen-bond donors (Lipinski definition) is 3. The molecular weight excluding hydrogens is 328 g/mol. The molecule has 126 valence electrons. The van der Waals surface area contributed by atoms with Gasteiger partial charge in [0.05, 0.1) is 12.0 Å². The zero-order valence-electron chi connectivity index (χ0n) is 13.4. The molecule has 3 N–H and O–H groups in total. The number of rotatable bonds is 6. The summed E-state index contributed by atoms with van der Waals surface area (Å²) in [6.07, 6.45) is -0.153. The summed E-state index contributed by atoms with van der Waals surface area (Å²) < 4.78 is 0. The van der Waals surface area contributed by atoms with Crippen molar-refractivity contribution in [2.75, 3.05) is 11.9 Å². The molecule has 0 atom stereocenters. The zero-order chi connectivity index (χ0) is 17.7. The summed E-state index contributed by atoms with van der Waals surface area (Å²) in [6, 6.07) is 8.83. The second kappa shape index (κ2) is 7.74. The van der Waals surface area contributed by atoms with Crippen LogP contribution in [0.5, 0.6) is 0 Å². The van der Waals surface area contributed by atoms with Crippen LogP contribution >= 0.6 is 11.3 Å². The molecular formula is C17H18N2O4S. The highest BCUT2D eigenvalue weighted by Gasteiger charge is 2.17. The van der Waals surface area contributed by atoms with Gasteiger partial charge in [0, 0.05) is 17.0 Å². The molecule has 2 rings (SSSR count). The molecule has 0 saturated heterocycles. The van der Waals surface area contributed by atoms with Gasteiger partial charge in [-0.25, -0.2) is 0 Å². The number of carboxylic acids is 1. The van der Waals surface area contributed by atoms with Crippen molar-refractivity contribution in [3.8, 4) is 0 Å². The highest BCUT2D eigenvalue weighted by molar-refractivity contribution is 7.16. The monoisotopic (exact) mass is 346 g/mol. The van der Waals surface area contributed by atoms with Crippen molar-refractivity contribution >= 4 is 34.1 Å². The molecule has 0 unspecified atom stereocenters. The summed E-state index contributed by atoms with van der Waals surface area (Å²) in [5, 5.41) is 14.4. The average Bonchev–Trinajstić information content (AvgIpc) is 2.87. The quantitative estimate of drug-likeness (QED) is 0.749. The van der Waals surface area contributed by atoms with E-state index >= 15 is 0 Å². The van der Waals surface area contributed by atoms with E-state index in [4.69, 9.17) is 5.11 Å². The Balaban J connectivity index is 2.12. The minimum absolute atomic E-state index is 0.0360. The molecule has 1 aromatic heterocycles. The van der Waals surface area contributed by atoms with Crippen LogP contribution in [0.4, 0.5) is 5.00 Å². The fourth-order valence-corrected chi connectivity index (χ4v) is 3.02. The molecule has 0 saturated carbocycles. The number of benzene rings is 1. The average molecular weight is 346 g/mol. The topological polar surface area (TPSA) is 95.5 Å². The Morgan fingerprint density at radius 3 is 2.54 bits per heavy atom. The predicted octanol–water partition coefficient (Wildman–Crippen LogP) is 2.82. The Morgan fingerprint density at radius 2 is 1.88 bits per heavy atom. The summed E-state index contributed by atoms with van der Waals surface area (Å²) in [5.41, 5.74) is 1.82. The SMILES string of the molecule is Cc1cccc(C(=O)Nc2sc(C)cc2C(=O)NCCC(=O)O)c1. The molecule has 0 spiro atoms. The number of anilines is 1. The van der Waals surface area contributed by atoms with Gasteiger partial charge in [0.25, 0.3) is 11.8 Å². The van der Waals surface area contributed by atoms with Crippen molar-refractivity contribution in [3.05, 3.63) is 51.9 Å². The third kappa shape index (κ3) is 4.66. The fraction of sp³-hybridized carbons (Fsp3) is 0.235. The van der Waals surface area contributed by atoms with E-state index in [2.05, 4.69) is 10.6 Å². The highest BCUT2D eigenvalue weighted by Crippen LogP contribution is 2.28. The van der Waals surface area contributed by atoms with E-state index in [1.54, 1.807) is 24.3 Å². The van der Waals surface area contributed by atoms with Gasteiger partial charge in [0.1, 0.15) is 5.00 Å². The number of amides is 2. The number of hydrogen-bond acceptors (Lipinski definition) is 4. The molecule has 0 bridgehead atoms. The normalized spacial score (nSPS) is 10.2. The molecule has 24 heavy (non-hydrogen) atoms.